The smallest absolute Gasteiger partial charge is 0.238 e. The van der Waals surface area contributed by atoms with E-state index in [1.807, 2.05) is 23.6 Å². The van der Waals surface area contributed by atoms with Crippen LogP contribution in [0.4, 0.5) is 5.69 Å². The van der Waals surface area contributed by atoms with Gasteiger partial charge in [0.15, 0.2) is 0 Å². The molecule has 0 bridgehead atoms. The lowest BCUT2D eigenvalue weighted by atomic mass is 10.3. The fraction of sp³-hybridized carbons (Fsp3) is 0.308. The zero-order chi connectivity index (χ0) is 14.4. The predicted molar refractivity (Wildman–Crippen MR) is 77.5 cm³/mol. The number of nitrogens with one attached hydrogen (secondary N) is 2. The van der Waals surface area contributed by atoms with E-state index in [-0.39, 0.29) is 12.5 Å². The third-order valence-electron chi connectivity index (χ3n) is 2.75. The fourth-order valence-corrected chi connectivity index (χ4v) is 1.91. The van der Waals surface area contributed by atoms with Gasteiger partial charge < -0.3 is 15.2 Å². The summed E-state index contributed by atoms with van der Waals surface area (Å²) in [5.41, 5.74) is 0.609. The van der Waals surface area contributed by atoms with Gasteiger partial charge in [-0.05, 0) is 19.1 Å². The first-order chi connectivity index (χ1) is 9.70. The van der Waals surface area contributed by atoms with Crippen LogP contribution in [-0.2, 0) is 17.9 Å². The van der Waals surface area contributed by atoms with Crippen molar-refractivity contribution in [2.24, 2.45) is 0 Å². The van der Waals surface area contributed by atoms with Gasteiger partial charge in [-0.25, -0.2) is 0 Å². The molecular weight excluding hydrogens is 278 g/mol. The number of aromatic nitrogens is 3. The van der Waals surface area contributed by atoms with Crippen molar-refractivity contribution in [2.75, 3.05) is 11.9 Å². The topological polar surface area (TPSA) is 71.8 Å². The zero-order valence-corrected chi connectivity index (χ0v) is 11.9. The highest BCUT2D eigenvalue weighted by molar-refractivity contribution is 6.33. The molecule has 2 aromatic rings. The summed E-state index contributed by atoms with van der Waals surface area (Å²) in [4.78, 5) is 11.8. The molecule has 1 aromatic carbocycles. The van der Waals surface area contributed by atoms with Crippen LogP contribution in [0.15, 0.2) is 30.6 Å². The van der Waals surface area contributed by atoms with Crippen LogP contribution in [0.3, 0.4) is 0 Å². The second-order valence-electron chi connectivity index (χ2n) is 4.16. The minimum absolute atomic E-state index is 0.152. The monoisotopic (exact) mass is 293 g/mol. The molecule has 0 spiro atoms. The van der Waals surface area contributed by atoms with Crippen LogP contribution >= 0.6 is 11.6 Å². The molecule has 0 atom stereocenters. The van der Waals surface area contributed by atoms with E-state index in [1.54, 1.807) is 18.5 Å². The number of rotatable bonds is 6. The first-order valence-electron chi connectivity index (χ1n) is 6.32. The number of hydrogen-bond acceptors (Lipinski definition) is 4. The van der Waals surface area contributed by atoms with Gasteiger partial charge in [-0.1, -0.05) is 23.7 Å². The highest BCUT2D eigenvalue weighted by Crippen LogP contribution is 2.19. The summed E-state index contributed by atoms with van der Waals surface area (Å²) in [5, 5.41) is 14.1. The largest absolute Gasteiger partial charge is 0.324 e. The van der Waals surface area contributed by atoms with Gasteiger partial charge in [-0.3, -0.25) is 4.79 Å². The third kappa shape index (κ3) is 3.79. The normalized spacial score (nSPS) is 10.5. The van der Waals surface area contributed by atoms with Crippen molar-refractivity contribution in [3.8, 4) is 0 Å². The van der Waals surface area contributed by atoms with E-state index in [9.17, 15) is 4.79 Å². The molecule has 1 amide bonds. The summed E-state index contributed by atoms with van der Waals surface area (Å²) in [5.74, 6) is 0.652. The molecule has 0 aliphatic carbocycles. The Morgan fingerprint density at radius 3 is 2.95 bits per heavy atom. The molecule has 0 saturated heterocycles. The number of carbonyl (C=O) groups excluding carboxylic acids is 1. The number of anilines is 1. The highest BCUT2D eigenvalue weighted by atomic mass is 35.5. The number of hydrogen-bond donors (Lipinski definition) is 2. The maximum absolute atomic E-state index is 11.8. The molecule has 0 saturated carbocycles. The van der Waals surface area contributed by atoms with Crippen LogP contribution < -0.4 is 10.6 Å². The molecule has 0 aliphatic rings. The van der Waals surface area contributed by atoms with Crippen molar-refractivity contribution in [2.45, 2.75) is 20.0 Å². The Balaban J connectivity index is 1.80. The molecule has 0 radical (unpaired) electrons. The molecule has 2 N–H and O–H groups in total. The van der Waals surface area contributed by atoms with E-state index in [4.69, 9.17) is 11.6 Å². The molecule has 0 aliphatic heterocycles. The molecule has 1 heterocycles. The van der Waals surface area contributed by atoms with E-state index in [1.165, 1.54) is 0 Å². The number of nitrogens with zero attached hydrogens (tertiary/aromatic N) is 3. The summed E-state index contributed by atoms with van der Waals surface area (Å²) < 4.78 is 1.92. The first kappa shape index (κ1) is 14.5. The lowest BCUT2D eigenvalue weighted by molar-refractivity contribution is -0.115. The zero-order valence-electron chi connectivity index (χ0n) is 11.1. The number of aryl methyl sites for hydroxylation is 1. The van der Waals surface area contributed by atoms with Gasteiger partial charge in [-0.15, -0.1) is 10.2 Å². The summed E-state index contributed by atoms with van der Waals surface area (Å²) in [6.07, 6.45) is 1.67. The summed E-state index contributed by atoms with van der Waals surface area (Å²) in [7, 11) is 0. The molecule has 0 unspecified atom stereocenters. The van der Waals surface area contributed by atoms with Crippen molar-refractivity contribution in [1.29, 1.82) is 0 Å². The molecule has 1 aromatic heterocycles. The lowest BCUT2D eigenvalue weighted by Gasteiger charge is -2.08. The number of para-hydroxylation sites is 1. The van der Waals surface area contributed by atoms with Gasteiger partial charge in [0.2, 0.25) is 5.91 Å². The van der Waals surface area contributed by atoms with E-state index >= 15 is 0 Å². The minimum atomic E-state index is -0.152. The third-order valence-corrected chi connectivity index (χ3v) is 3.08. The summed E-state index contributed by atoms with van der Waals surface area (Å²) >= 11 is 5.97. The highest BCUT2D eigenvalue weighted by Gasteiger charge is 2.06. The SMILES string of the molecule is CCn1cnnc1CNCC(=O)Nc1ccccc1Cl. The van der Waals surface area contributed by atoms with Gasteiger partial charge in [0.25, 0.3) is 0 Å². The Hall–Kier alpha value is -1.92. The number of halogens is 1. The fourth-order valence-electron chi connectivity index (χ4n) is 1.72. The Morgan fingerprint density at radius 1 is 1.40 bits per heavy atom. The van der Waals surface area contributed by atoms with Crippen LogP contribution in [0.25, 0.3) is 0 Å². The van der Waals surface area contributed by atoms with Crippen LogP contribution in [0.1, 0.15) is 12.7 Å². The van der Waals surface area contributed by atoms with E-state index in [0.29, 0.717) is 17.3 Å². The number of benzene rings is 1. The van der Waals surface area contributed by atoms with Crippen LogP contribution in [0.5, 0.6) is 0 Å². The Labute approximate surface area is 122 Å². The van der Waals surface area contributed by atoms with Crippen molar-refractivity contribution in [3.05, 3.63) is 41.4 Å². The summed E-state index contributed by atoms with van der Waals surface area (Å²) in [6.45, 7) is 3.48. The average Bonchev–Trinajstić information content (AvgIpc) is 2.89. The summed E-state index contributed by atoms with van der Waals surface area (Å²) in [6, 6.07) is 7.12. The van der Waals surface area contributed by atoms with E-state index in [2.05, 4.69) is 20.8 Å². The van der Waals surface area contributed by atoms with Gasteiger partial charge in [0, 0.05) is 6.54 Å². The van der Waals surface area contributed by atoms with Crippen molar-refractivity contribution in [1.82, 2.24) is 20.1 Å². The Bertz CT molecular complexity index is 584. The minimum Gasteiger partial charge on any atom is -0.324 e. The first-order valence-corrected chi connectivity index (χ1v) is 6.70. The van der Waals surface area contributed by atoms with E-state index < -0.39 is 0 Å². The second-order valence-corrected chi connectivity index (χ2v) is 4.57. The molecule has 6 nitrogen and oxygen atoms in total. The average molecular weight is 294 g/mol. The van der Waals surface area contributed by atoms with Gasteiger partial charge >= 0.3 is 0 Å². The van der Waals surface area contributed by atoms with Gasteiger partial charge in [0.1, 0.15) is 12.2 Å². The van der Waals surface area contributed by atoms with Crippen LogP contribution in [0.2, 0.25) is 5.02 Å². The Morgan fingerprint density at radius 2 is 2.20 bits per heavy atom. The van der Waals surface area contributed by atoms with Crippen molar-refractivity contribution in [3.63, 3.8) is 0 Å². The number of amides is 1. The van der Waals surface area contributed by atoms with Gasteiger partial charge in [-0.2, -0.15) is 0 Å². The molecule has 0 fully saturated rings. The number of carbonyl (C=O) groups is 1. The van der Waals surface area contributed by atoms with Crippen LogP contribution in [0, 0.1) is 0 Å². The quantitative estimate of drug-likeness (QED) is 0.850. The van der Waals surface area contributed by atoms with Crippen molar-refractivity contribution < 1.29 is 4.79 Å². The molecule has 20 heavy (non-hydrogen) atoms. The van der Waals surface area contributed by atoms with E-state index in [0.717, 1.165) is 12.4 Å². The second kappa shape index (κ2) is 7.02. The maximum Gasteiger partial charge on any atom is 0.238 e. The standard InChI is InChI=1S/C13H16ClN5O/c1-2-19-9-16-18-12(19)7-15-8-13(20)17-11-6-4-3-5-10(11)14/h3-6,9,15H,2,7-8H2,1H3,(H,17,20). The maximum atomic E-state index is 11.8. The molecule has 7 heteroatoms. The predicted octanol–water partition coefficient (Wildman–Crippen LogP) is 1.68. The van der Waals surface area contributed by atoms with Gasteiger partial charge in [0.05, 0.1) is 23.8 Å². The van der Waals surface area contributed by atoms with Crippen LogP contribution in [-0.4, -0.2) is 27.2 Å². The van der Waals surface area contributed by atoms with Crippen molar-refractivity contribution >= 4 is 23.2 Å². The lowest BCUT2D eigenvalue weighted by Crippen LogP contribution is -2.28. The molecule has 2 rings (SSSR count). The molecular formula is C13H16ClN5O. The Kier molecular flexibility index (Phi) is 5.09. The molecule has 106 valence electrons.